The van der Waals surface area contributed by atoms with Crippen LogP contribution >= 0.6 is 0 Å². The molecular weight excluding hydrogens is 358 g/mol. The fourth-order valence-electron chi connectivity index (χ4n) is 4.32. The van der Waals surface area contributed by atoms with Crippen LogP contribution in [0.25, 0.3) is 11.1 Å². The van der Waals surface area contributed by atoms with Crippen LogP contribution in [0.1, 0.15) is 47.6 Å². The highest BCUT2D eigenvalue weighted by atomic mass is 16.5. The van der Waals surface area contributed by atoms with Crippen LogP contribution in [-0.2, 0) is 12.8 Å². The zero-order valence-electron chi connectivity index (χ0n) is 17.7. The van der Waals surface area contributed by atoms with Gasteiger partial charge in [-0.2, -0.15) is 0 Å². The topological polar surface area (TPSA) is 42.4 Å². The molecular formula is C26H29NO2. The first-order valence-corrected chi connectivity index (χ1v) is 10.4. The van der Waals surface area contributed by atoms with Crippen LogP contribution in [0, 0.1) is 20.8 Å². The van der Waals surface area contributed by atoms with Crippen molar-refractivity contribution in [1.29, 1.82) is 0 Å². The Balaban J connectivity index is 1.53. The summed E-state index contributed by atoms with van der Waals surface area (Å²) in [5, 5.41) is 10.4. The molecule has 3 heteroatoms. The van der Waals surface area contributed by atoms with E-state index in [0.29, 0.717) is 5.75 Å². The molecule has 0 fully saturated rings. The summed E-state index contributed by atoms with van der Waals surface area (Å²) >= 11 is 0. The molecule has 0 spiro atoms. The lowest BCUT2D eigenvalue weighted by atomic mass is 9.84. The minimum absolute atomic E-state index is 0.197. The summed E-state index contributed by atoms with van der Waals surface area (Å²) in [5.74, 6) is 1.40. The smallest absolute Gasteiger partial charge is 0.127 e. The van der Waals surface area contributed by atoms with Gasteiger partial charge in [0.1, 0.15) is 17.1 Å². The first kappa shape index (κ1) is 19.5. The normalized spacial score (nSPS) is 18.2. The van der Waals surface area contributed by atoms with Crippen LogP contribution in [0.15, 0.2) is 48.8 Å². The highest BCUT2D eigenvalue weighted by Crippen LogP contribution is 2.44. The number of hydrogen-bond acceptors (Lipinski definition) is 3. The molecule has 150 valence electrons. The van der Waals surface area contributed by atoms with Gasteiger partial charge in [-0.1, -0.05) is 30.3 Å². The second-order valence-electron chi connectivity index (χ2n) is 8.53. The predicted molar refractivity (Wildman–Crippen MR) is 118 cm³/mol. The summed E-state index contributed by atoms with van der Waals surface area (Å²) in [6, 6.07) is 12.8. The van der Waals surface area contributed by atoms with E-state index in [9.17, 15) is 5.11 Å². The van der Waals surface area contributed by atoms with Gasteiger partial charge in [-0.25, -0.2) is 0 Å². The minimum atomic E-state index is -0.197. The first-order chi connectivity index (χ1) is 13.9. The van der Waals surface area contributed by atoms with E-state index in [4.69, 9.17) is 4.74 Å². The van der Waals surface area contributed by atoms with Gasteiger partial charge in [-0.05, 0) is 92.8 Å². The van der Waals surface area contributed by atoms with Gasteiger partial charge in [0.25, 0.3) is 0 Å². The summed E-state index contributed by atoms with van der Waals surface area (Å²) in [5.41, 5.74) is 7.59. The summed E-state index contributed by atoms with van der Waals surface area (Å²) < 4.78 is 6.58. The second-order valence-corrected chi connectivity index (χ2v) is 8.53. The van der Waals surface area contributed by atoms with Crippen molar-refractivity contribution in [3.63, 3.8) is 0 Å². The van der Waals surface area contributed by atoms with Crippen molar-refractivity contribution in [2.75, 3.05) is 0 Å². The number of ether oxygens (including phenoxy) is 1. The Morgan fingerprint density at radius 2 is 1.83 bits per heavy atom. The van der Waals surface area contributed by atoms with Gasteiger partial charge in [-0.3, -0.25) is 4.98 Å². The van der Waals surface area contributed by atoms with Crippen molar-refractivity contribution in [3.8, 4) is 22.6 Å². The quantitative estimate of drug-likeness (QED) is 0.588. The molecule has 0 bridgehead atoms. The zero-order valence-corrected chi connectivity index (χ0v) is 17.7. The Bertz CT molecular complexity index is 1040. The van der Waals surface area contributed by atoms with Crippen LogP contribution in [-0.4, -0.2) is 15.7 Å². The van der Waals surface area contributed by atoms with Gasteiger partial charge >= 0.3 is 0 Å². The lowest BCUT2D eigenvalue weighted by Gasteiger charge is -2.38. The summed E-state index contributed by atoms with van der Waals surface area (Å²) in [6.07, 6.45) is 7.55. The van der Waals surface area contributed by atoms with Crippen LogP contribution < -0.4 is 4.74 Å². The molecule has 29 heavy (non-hydrogen) atoms. The molecule has 0 amide bonds. The van der Waals surface area contributed by atoms with Gasteiger partial charge in [0.15, 0.2) is 0 Å². The fraction of sp³-hybridized carbons (Fsp3) is 0.346. The maximum Gasteiger partial charge on any atom is 0.127 e. The molecule has 0 aliphatic carbocycles. The molecule has 1 N–H and O–H groups in total. The van der Waals surface area contributed by atoms with Gasteiger partial charge < -0.3 is 9.84 Å². The number of hydrogen-bond donors (Lipinski definition) is 1. The van der Waals surface area contributed by atoms with Crippen molar-refractivity contribution in [3.05, 3.63) is 76.6 Å². The molecule has 0 saturated carbocycles. The lowest BCUT2D eigenvalue weighted by Crippen LogP contribution is -2.37. The molecule has 0 saturated heterocycles. The Morgan fingerprint density at radius 3 is 2.59 bits per heavy atom. The molecule has 3 nitrogen and oxygen atoms in total. The molecule has 1 atom stereocenters. The maximum absolute atomic E-state index is 10.4. The fourth-order valence-corrected chi connectivity index (χ4v) is 4.32. The monoisotopic (exact) mass is 387 g/mol. The van der Waals surface area contributed by atoms with Gasteiger partial charge in [0.05, 0.1) is 0 Å². The maximum atomic E-state index is 10.4. The first-order valence-electron chi connectivity index (χ1n) is 10.4. The number of benzene rings is 2. The second kappa shape index (κ2) is 7.55. The molecule has 3 aromatic rings. The third-order valence-corrected chi connectivity index (χ3v) is 6.46. The molecule has 1 aromatic heterocycles. The largest absolute Gasteiger partial charge is 0.507 e. The van der Waals surface area contributed by atoms with Crippen LogP contribution in [0.5, 0.6) is 11.5 Å². The van der Waals surface area contributed by atoms with E-state index >= 15 is 0 Å². The molecule has 1 unspecified atom stereocenters. The Labute approximate surface area is 173 Å². The third kappa shape index (κ3) is 3.74. The molecule has 1 aliphatic rings. The van der Waals surface area contributed by atoms with Crippen LogP contribution in [0.4, 0.5) is 0 Å². The summed E-state index contributed by atoms with van der Waals surface area (Å²) in [6.45, 7) is 8.24. The van der Waals surface area contributed by atoms with Gasteiger partial charge in [-0.15, -0.1) is 0 Å². The number of fused-ring (bicyclic) bond motifs is 1. The summed E-state index contributed by atoms with van der Waals surface area (Å²) in [7, 11) is 0. The Kier molecular flexibility index (Phi) is 5.08. The molecule has 4 rings (SSSR count). The lowest BCUT2D eigenvalue weighted by molar-refractivity contribution is 0.0552. The Morgan fingerprint density at radius 1 is 1.03 bits per heavy atom. The van der Waals surface area contributed by atoms with E-state index in [1.807, 2.05) is 26.1 Å². The summed E-state index contributed by atoms with van der Waals surface area (Å²) in [4.78, 5) is 4.23. The number of pyridine rings is 1. The van der Waals surface area contributed by atoms with E-state index in [1.165, 1.54) is 16.7 Å². The average molecular weight is 388 g/mol. The number of aryl methyl sites for hydroxylation is 1. The van der Waals surface area contributed by atoms with Crippen molar-refractivity contribution in [1.82, 2.24) is 4.98 Å². The van der Waals surface area contributed by atoms with Crippen molar-refractivity contribution < 1.29 is 9.84 Å². The van der Waals surface area contributed by atoms with E-state index < -0.39 is 0 Å². The number of phenols is 1. The SMILES string of the molecule is Cc1c(C)c2c(c(C)c1O)CCC(C)(CCc1cccc(-c3cccnc3)c1)O2. The van der Waals surface area contributed by atoms with Crippen LogP contribution in [0.3, 0.4) is 0 Å². The van der Waals surface area contributed by atoms with E-state index in [1.54, 1.807) is 6.20 Å². The number of rotatable bonds is 4. The Hall–Kier alpha value is -2.81. The molecule has 2 aromatic carbocycles. The van der Waals surface area contributed by atoms with Crippen molar-refractivity contribution >= 4 is 0 Å². The number of aromatic nitrogens is 1. The average Bonchev–Trinajstić information content (AvgIpc) is 2.76. The van der Waals surface area contributed by atoms with E-state index in [-0.39, 0.29) is 5.60 Å². The van der Waals surface area contributed by atoms with Crippen molar-refractivity contribution in [2.24, 2.45) is 0 Å². The van der Waals surface area contributed by atoms with E-state index in [2.05, 4.69) is 49.2 Å². The number of nitrogens with zero attached hydrogens (tertiary/aromatic N) is 1. The highest BCUT2D eigenvalue weighted by molar-refractivity contribution is 5.63. The molecule has 2 heterocycles. The third-order valence-electron chi connectivity index (χ3n) is 6.46. The highest BCUT2D eigenvalue weighted by Gasteiger charge is 2.34. The predicted octanol–water partition coefficient (Wildman–Crippen LogP) is 6.10. The number of aromatic hydroxyl groups is 1. The van der Waals surface area contributed by atoms with Gasteiger partial charge in [0, 0.05) is 18.0 Å². The molecule has 1 aliphatic heterocycles. The van der Waals surface area contributed by atoms with Crippen molar-refractivity contribution in [2.45, 2.75) is 59.0 Å². The standard InChI is InChI=1S/C26H29NO2/c1-17-18(2)25-23(19(3)24(17)28)11-13-26(4,29-25)12-10-20-7-5-8-21(15-20)22-9-6-14-27-16-22/h5-9,14-16,28H,10-13H2,1-4H3. The minimum Gasteiger partial charge on any atom is -0.507 e. The van der Waals surface area contributed by atoms with Crippen LogP contribution in [0.2, 0.25) is 0 Å². The number of phenolic OH excluding ortho intramolecular Hbond substituents is 1. The van der Waals surface area contributed by atoms with Gasteiger partial charge in [0.2, 0.25) is 0 Å². The molecule has 0 radical (unpaired) electrons. The zero-order chi connectivity index (χ0) is 20.6. The van der Waals surface area contributed by atoms with E-state index in [0.717, 1.165) is 53.7 Å².